The van der Waals surface area contributed by atoms with E-state index in [1.165, 1.54) is 18.2 Å². The van der Waals surface area contributed by atoms with Crippen molar-refractivity contribution in [2.45, 2.75) is 6.54 Å². The molecule has 1 rings (SSSR count). The van der Waals surface area contributed by atoms with Crippen LogP contribution in [0.1, 0.15) is 5.56 Å². The second-order valence-corrected chi connectivity index (χ2v) is 5.35. The number of nitrogens with one attached hydrogen (secondary N) is 1. The van der Waals surface area contributed by atoms with Gasteiger partial charge in [0.25, 0.3) is 0 Å². The quantitative estimate of drug-likeness (QED) is 0.381. The number of phenolic OH excluding ortho intramolecular Hbond substituents is 1. The van der Waals surface area contributed by atoms with Crippen molar-refractivity contribution < 1.29 is 23.1 Å². The first kappa shape index (κ1) is 14.3. The van der Waals surface area contributed by atoms with Crippen LogP contribution in [0.3, 0.4) is 0 Å². The molecule has 0 radical (unpaired) electrons. The fourth-order valence-corrected chi connectivity index (χ4v) is 2.11. The highest BCUT2D eigenvalue weighted by Crippen LogP contribution is 2.19. The molecule has 1 aromatic carbocycles. The summed E-state index contributed by atoms with van der Waals surface area (Å²) in [5.74, 6) is -1.71. The molecule has 1 aromatic rings. The van der Waals surface area contributed by atoms with Crippen LogP contribution in [0.25, 0.3) is 0 Å². The highest BCUT2D eigenvalue weighted by atomic mass is 32.2. The number of aromatic hydroxyl groups is 1. The highest BCUT2D eigenvalue weighted by molar-refractivity contribution is 7.90. The number of nitrogen functional groups attached to an aromatic ring is 1. The molecule has 18 heavy (non-hydrogen) atoms. The van der Waals surface area contributed by atoms with E-state index in [0.29, 0.717) is 11.3 Å². The summed E-state index contributed by atoms with van der Waals surface area (Å²) < 4.78 is 29.3. The number of esters is 1. The lowest BCUT2D eigenvalue weighted by molar-refractivity contribution is -0.137. The lowest BCUT2D eigenvalue weighted by Gasteiger charge is -2.08. The Morgan fingerprint density at radius 1 is 1.50 bits per heavy atom. The Kier molecular flexibility index (Phi) is 4.51. The van der Waals surface area contributed by atoms with Crippen LogP contribution in [0, 0.1) is 0 Å². The van der Waals surface area contributed by atoms with Gasteiger partial charge in [0.15, 0.2) is 5.75 Å². The molecule has 0 saturated heterocycles. The van der Waals surface area contributed by atoms with E-state index >= 15 is 0 Å². The molecule has 0 aliphatic rings. The molecule has 0 amide bonds. The number of carbonyl (C=O) groups is 1. The number of hydrogen-bond acceptors (Lipinski definition) is 6. The highest BCUT2D eigenvalue weighted by Gasteiger charge is 2.17. The molecule has 0 spiro atoms. The normalized spacial score (nSPS) is 11.2. The number of phenols is 1. The van der Waals surface area contributed by atoms with Gasteiger partial charge in [0.2, 0.25) is 10.0 Å². The van der Waals surface area contributed by atoms with Crippen LogP contribution in [-0.2, 0) is 26.1 Å². The van der Waals surface area contributed by atoms with Crippen molar-refractivity contribution in [2.24, 2.45) is 0 Å². The Labute approximate surface area is 105 Å². The van der Waals surface area contributed by atoms with E-state index in [2.05, 4.69) is 9.46 Å². The van der Waals surface area contributed by atoms with Gasteiger partial charge in [-0.3, -0.25) is 4.79 Å². The lowest BCUT2D eigenvalue weighted by Crippen LogP contribution is -2.30. The van der Waals surface area contributed by atoms with E-state index in [-0.39, 0.29) is 12.3 Å². The van der Waals surface area contributed by atoms with Crippen LogP contribution in [0.15, 0.2) is 18.2 Å². The van der Waals surface area contributed by atoms with E-state index in [4.69, 9.17) is 5.73 Å². The fourth-order valence-electron chi connectivity index (χ4n) is 1.20. The summed E-state index contributed by atoms with van der Waals surface area (Å²) in [6, 6.07) is 4.29. The van der Waals surface area contributed by atoms with Gasteiger partial charge < -0.3 is 15.6 Å². The first-order chi connectivity index (χ1) is 8.34. The summed E-state index contributed by atoms with van der Waals surface area (Å²) in [4.78, 5) is 10.8. The Morgan fingerprint density at radius 2 is 2.17 bits per heavy atom. The number of nitrogens with two attached hydrogens (primary N) is 1. The molecule has 7 nitrogen and oxygen atoms in total. The van der Waals surface area contributed by atoms with Gasteiger partial charge >= 0.3 is 5.97 Å². The molecule has 0 aliphatic carbocycles. The van der Waals surface area contributed by atoms with Gasteiger partial charge in [0.05, 0.1) is 7.11 Å². The third kappa shape index (κ3) is 4.22. The predicted octanol–water partition coefficient (Wildman–Crippen LogP) is -0.433. The smallest absolute Gasteiger partial charge is 0.322 e. The van der Waals surface area contributed by atoms with Gasteiger partial charge in [-0.15, -0.1) is 0 Å². The third-order valence-corrected chi connectivity index (χ3v) is 3.32. The van der Waals surface area contributed by atoms with Gasteiger partial charge in [-0.05, 0) is 18.2 Å². The maximum absolute atomic E-state index is 11.4. The Morgan fingerprint density at radius 3 is 2.78 bits per heavy atom. The van der Waals surface area contributed by atoms with Crippen molar-refractivity contribution >= 4 is 21.7 Å². The minimum absolute atomic E-state index is 0.0787. The number of ether oxygens (including phenoxy) is 1. The topological polar surface area (TPSA) is 119 Å². The summed E-state index contributed by atoms with van der Waals surface area (Å²) in [6.07, 6.45) is 0. The summed E-state index contributed by atoms with van der Waals surface area (Å²) in [6.45, 7) is -0.157. The second kappa shape index (κ2) is 5.69. The number of carbonyl (C=O) groups excluding carboxylic acids is 1. The van der Waals surface area contributed by atoms with E-state index in [1.54, 1.807) is 0 Å². The van der Waals surface area contributed by atoms with Gasteiger partial charge in [0.1, 0.15) is 5.75 Å². The maximum atomic E-state index is 11.4. The van der Waals surface area contributed by atoms with Crippen LogP contribution in [0.4, 0.5) is 5.69 Å². The largest absolute Gasteiger partial charge is 0.508 e. The SMILES string of the molecule is COC(=O)CS(=O)(=O)NCc1cc(N)ccc1O. The average Bonchev–Trinajstić information content (AvgIpc) is 2.30. The molecular formula is C10H14N2O5S. The van der Waals surface area contributed by atoms with E-state index < -0.39 is 21.7 Å². The van der Waals surface area contributed by atoms with Crippen LogP contribution in [-0.4, -0.2) is 32.4 Å². The average molecular weight is 274 g/mol. The van der Waals surface area contributed by atoms with Crippen LogP contribution in [0.5, 0.6) is 5.75 Å². The minimum Gasteiger partial charge on any atom is -0.508 e. The molecule has 4 N–H and O–H groups in total. The van der Waals surface area contributed by atoms with Crippen molar-refractivity contribution in [3.63, 3.8) is 0 Å². The first-order valence-corrected chi connectivity index (χ1v) is 6.61. The Balaban J connectivity index is 2.70. The Hall–Kier alpha value is -1.80. The number of anilines is 1. The Bertz CT molecular complexity index is 541. The molecule has 0 aromatic heterocycles. The van der Waals surface area contributed by atoms with Crippen LogP contribution in [0.2, 0.25) is 0 Å². The molecule has 0 bridgehead atoms. The zero-order valence-corrected chi connectivity index (χ0v) is 10.5. The monoisotopic (exact) mass is 274 g/mol. The summed E-state index contributed by atoms with van der Waals surface area (Å²) in [7, 11) is -2.70. The fraction of sp³-hybridized carbons (Fsp3) is 0.300. The maximum Gasteiger partial charge on any atom is 0.322 e. The summed E-state index contributed by atoms with van der Waals surface area (Å²) in [5.41, 5.74) is 6.23. The van der Waals surface area contributed by atoms with Crippen molar-refractivity contribution in [3.05, 3.63) is 23.8 Å². The van der Waals surface area contributed by atoms with Crippen molar-refractivity contribution in [1.29, 1.82) is 0 Å². The van der Waals surface area contributed by atoms with E-state index in [1.807, 2.05) is 0 Å². The van der Waals surface area contributed by atoms with Crippen molar-refractivity contribution in [2.75, 3.05) is 18.6 Å². The summed E-state index contributed by atoms with van der Waals surface area (Å²) >= 11 is 0. The number of methoxy groups -OCH3 is 1. The number of rotatable bonds is 5. The van der Waals surface area contributed by atoms with Crippen LogP contribution >= 0.6 is 0 Å². The van der Waals surface area contributed by atoms with Gasteiger partial charge in [-0.2, -0.15) is 0 Å². The molecule has 0 aliphatic heterocycles. The zero-order valence-electron chi connectivity index (χ0n) is 9.71. The molecule has 8 heteroatoms. The lowest BCUT2D eigenvalue weighted by atomic mass is 10.2. The third-order valence-electron chi connectivity index (χ3n) is 2.12. The van der Waals surface area contributed by atoms with E-state index in [0.717, 1.165) is 7.11 Å². The van der Waals surface area contributed by atoms with Crippen LogP contribution < -0.4 is 10.5 Å². The minimum atomic E-state index is -3.80. The van der Waals surface area contributed by atoms with Gasteiger partial charge in [-0.1, -0.05) is 0 Å². The first-order valence-electron chi connectivity index (χ1n) is 4.95. The molecule has 0 atom stereocenters. The standard InChI is InChI=1S/C10H14N2O5S/c1-17-10(14)6-18(15,16)12-5-7-4-8(11)2-3-9(7)13/h2-4,12-13H,5-6,11H2,1H3. The van der Waals surface area contributed by atoms with Crippen molar-refractivity contribution in [3.8, 4) is 5.75 Å². The molecule has 0 heterocycles. The van der Waals surface area contributed by atoms with Crippen molar-refractivity contribution in [1.82, 2.24) is 4.72 Å². The molecule has 100 valence electrons. The molecule has 0 unspecified atom stereocenters. The molecular weight excluding hydrogens is 260 g/mol. The van der Waals surface area contributed by atoms with E-state index in [9.17, 15) is 18.3 Å². The van der Waals surface area contributed by atoms with Gasteiger partial charge in [0, 0.05) is 17.8 Å². The molecule has 0 saturated carbocycles. The number of benzene rings is 1. The van der Waals surface area contributed by atoms with Gasteiger partial charge in [-0.25, -0.2) is 13.1 Å². The summed E-state index contributed by atoms with van der Waals surface area (Å²) in [5, 5.41) is 9.48. The predicted molar refractivity (Wildman–Crippen MR) is 65.2 cm³/mol. The zero-order chi connectivity index (χ0) is 13.8. The second-order valence-electron chi connectivity index (χ2n) is 3.54. The molecule has 0 fully saturated rings. The number of hydrogen-bond donors (Lipinski definition) is 3. The number of sulfonamides is 1.